The van der Waals surface area contributed by atoms with Crippen molar-refractivity contribution in [3.63, 3.8) is 0 Å². The molecule has 4 unspecified atom stereocenters. The number of hydrogen-bond acceptors (Lipinski definition) is 6. The van der Waals surface area contributed by atoms with Gasteiger partial charge in [0, 0.05) is 35.7 Å². The zero-order valence-corrected chi connectivity index (χ0v) is 23.9. The van der Waals surface area contributed by atoms with Gasteiger partial charge in [-0.25, -0.2) is 9.97 Å². The van der Waals surface area contributed by atoms with Crippen LogP contribution in [0.5, 0.6) is 0 Å². The van der Waals surface area contributed by atoms with Crippen molar-refractivity contribution in [1.29, 1.82) is 0 Å². The minimum Gasteiger partial charge on any atom is -0.391 e. The lowest BCUT2D eigenvalue weighted by Crippen LogP contribution is -2.48. The molecule has 6 heteroatoms. The first kappa shape index (κ1) is 26.8. The number of nitrogens with zero attached hydrogens (tertiary/aromatic N) is 3. The van der Waals surface area contributed by atoms with Crippen LogP contribution in [0, 0.1) is 0 Å². The standard InChI is InChI=1S/C36H37N5O/c1-41-31-19-30(20-34(41)35(42)21-31)37-22-26-7-11-27(12-8-26)28-13-16-33-32(18-28)36(39-23-38-33)40-29-14-9-25(10-15-29)17-24-5-3-2-4-6-24/h2-16,18,23,30-31,34-35,37,42H,17,19-22H2,1H3,(H,38,39,40). The van der Waals surface area contributed by atoms with E-state index in [0.29, 0.717) is 18.1 Å². The van der Waals surface area contributed by atoms with Crippen LogP contribution in [0.4, 0.5) is 11.5 Å². The predicted octanol–water partition coefficient (Wildman–Crippen LogP) is 6.32. The van der Waals surface area contributed by atoms with Crippen LogP contribution in [0.1, 0.15) is 36.0 Å². The van der Waals surface area contributed by atoms with Crippen molar-refractivity contribution in [2.24, 2.45) is 0 Å². The van der Waals surface area contributed by atoms with Crippen LogP contribution in [0.3, 0.4) is 0 Å². The van der Waals surface area contributed by atoms with Crippen molar-refractivity contribution < 1.29 is 5.11 Å². The number of aliphatic hydroxyl groups is 1. The van der Waals surface area contributed by atoms with E-state index in [9.17, 15) is 5.11 Å². The topological polar surface area (TPSA) is 73.3 Å². The molecule has 4 atom stereocenters. The molecule has 42 heavy (non-hydrogen) atoms. The summed E-state index contributed by atoms with van der Waals surface area (Å²) in [5.41, 5.74) is 8.07. The fraction of sp³-hybridized carbons (Fsp3) is 0.278. The molecule has 3 N–H and O–H groups in total. The zero-order chi connectivity index (χ0) is 28.5. The van der Waals surface area contributed by atoms with E-state index in [0.717, 1.165) is 60.2 Å². The lowest BCUT2D eigenvalue weighted by Gasteiger charge is -2.37. The molecule has 1 aromatic heterocycles. The minimum absolute atomic E-state index is 0.181. The molecule has 212 valence electrons. The lowest BCUT2D eigenvalue weighted by atomic mass is 9.97. The summed E-state index contributed by atoms with van der Waals surface area (Å²) in [5, 5.41) is 18.6. The number of benzene rings is 4. The van der Waals surface area contributed by atoms with Gasteiger partial charge in [0.15, 0.2) is 0 Å². The summed E-state index contributed by atoms with van der Waals surface area (Å²) in [6, 6.07) is 35.5. The van der Waals surface area contributed by atoms with Crippen LogP contribution in [-0.4, -0.2) is 51.3 Å². The molecule has 0 saturated carbocycles. The first-order valence-corrected chi connectivity index (χ1v) is 15.0. The molecule has 0 amide bonds. The van der Waals surface area contributed by atoms with Gasteiger partial charge in [-0.2, -0.15) is 0 Å². The minimum atomic E-state index is -0.181. The van der Waals surface area contributed by atoms with E-state index in [1.807, 2.05) is 0 Å². The van der Waals surface area contributed by atoms with Gasteiger partial charge >= 0.3 is 0 Å². The summed E-state index contributed by atoms with van der Waals surface area (Å²) in [7, 11) is 2.16. The Balaban J connectivity index is 1.03. The number of hydrogen-bond donors (Lipinski definition) is 3. The van der Waals surface area contributed by atoms with Gasteiger partial charge in [0.2, 0.25) is 0 Å². The molecule has 2 aliphatic heterocycles. The summed E-state index contributed by atoms with van der Waals surface area (Å²) in [6.45, 7) is 0.841. The average molecular weight is 556 g/mol. The fourth-order valence-electron chi connectivity index (χ4n) is 6.70. The third-order valence-electron chi connectivity index (χ3n) is 9.12. The SMILES string of the molecule is CN1C2CC(NCc3ccc(-c4ccc5ncnc(Nc6ccc(Cc7ccccc7)cc6)c5c4)cc3)CC1C(O)C2. The second kappa shape index (κ2) is 11.6. The predicted molar refractivity (Wildman–Crippen MR) is 170 cm³/mol. The van der Waals surface area contributed by atoms with Gasteiger partial charge in [-0.3, -0.25) is 4.90 Å². The molecule has 4 aromatic carbocycles. The summed E-state index contributed by atoms with van der Waals surface area (Å²) < 4.78 is 0. The van der Waals surface area contributed by atoms with Crippen LogP contribution < -0.4 is 10.6 Å². The highest BCUT2D eigenvalue weighted by Crippen LogP contribution is 2.35. The van der Waals surface area contributed by atoms with Crippen molar-refractivity contribution in [3.8, 4) is 11.1 Å². The number of aliphatic hydroxyl groups excluding tert-OH is 1. The molecule has 2 aliphatic rings. The first-order chi connectivity index (χ1) is 20.6. The molecule has 7 rings (SSSR count). The van der Waals surface area contributed by atoms with E-state index in [1.54, 1.807) is 6.33 Å². The number of likely N-dealkylation sites (N-methyl/N-ethyl adjacent to an activating group) is 1. The van der Waals surface area contributed by atoms with Crippen LogP contribution in [-0.2, 0) is 13.0 Å². The molecular formula is C36H37N5O. The van der Waals surface area contributed by atoms with Crippen molar-refractivity contribution >= 4 is 22.4 Å². The van der Waals surface area contributed by atoms with Crippen molar-refractivity contribution in [1.82, 2.24) is 20.2 Å². The number of piperidine rings is 1. The number of anilines is 2. The lowest BCUT2D eigenvalue weighted by molar-refractivity contribution is 0.0889. The largest absolute Gasteiger partial charge is 0.391 e. The molecule has 2 bridgehead atoms. The molecular weight excluding hydrogens is 518 g/mol. The van der Waals surface area contributed by atoms with Crippen LogP contribution in [0.15, 0.2) is 103 Å². The molecule has 0 radical (unpaired) electrons. The second-order valence-corrected chi connectivity index (χ2v) is 11.9. The third kappa shape index (κ3) is 5.66. The summed E-state index contributed by atoms with van der Waals surface area (Å²) >= 11 is 0. The van der Waals surface area contributed by atoms with Gasteiger partial charge in [0.1, 0.15) is 12.1 Å². The maximum absolute atomic E-state index is 10.3. The molecule has 0 spiro atoms. The highest BCUT2D eigenvalue weighted by molar-refractivity contribution is 5.93. The normalized spacial score (nSPS) is 22.0. The Labute approximate surface area is 247 Å². The Kier molecular flexibility index (Phi) is 7.43. The fourth-order valence-corrected chi connectivity index (χ4v) is 6.70. The Hall–Kier alpha value is -4.10. The molecule has 3 heterocycles. The van der Waals surface area contributed by atoms with E-state index in [1.165, 1.54) is 22.3 Å². The smallest absolute Gasteiger partial charge is 0.141 e. The molecule has 6 nitrogen and oxygen atoms in total. The number of nitrogens with one attached hydrogen (secondary N) is 2. The van der Waals surface area contributed by atoms with Crippen LogP contribution in [0.2, 0.25) is 0 Å². The molecule has 0 aliphatic carbocycles. The van der Waals surface area contributed by atoms with E-state index in [4.69, 9.17) is 0 Å². The van der Waals surface area contributed by atoms with E-state index >= 15 is 0 Å². The van der Waals surface area contributed by atoms with E-state index in [2.05, 4.69) is 130 Å². The molecule has 2 fully saturated rings. The Morgan fingerprint density at radius 3 is 2.31 bits per heavy atom. The zero-order valence-electron chi connectivity index (χ0n) is 23.9. The molecule has 2 saturated heterocycles. The number of rotatable bonds is 8. The van der Waals surface area contributed by atoms with Gasteiger partial charge in [0.25, 0.3) is 0 Å². The van der Waals surface area contributed by atoms with Gasteiger partial charge in [-0.15, -0.1) is 0 Å². The number of aromatic nitrogens is 2. The number of fused-ring (bicyclic) bond motifs is 3. The Morgan fingerprint density at radius 2 is 1.52 bits per heavy atom. The Morgan fingerprint density at radius 1 is 0.786 bits per heavy atom. The van der Waals surface area contributed by atoms with Gasteiger partial charge in [-0.1, -0.05) is 72.8 Å². The van der Waals surface area contributed by atoms with Gasteiger partial charge in [-0.05, 0) is 84.8 Å². The summed E-state index contributed by atoms with van der Waals surface area (Å²) in [4.78, 5) is 11.5. The second-order valence-electron chi connectivity index (χ2n) is 11.9. The maximum atomic E-state index is 10.3. The first-order valence-electron chi connectivity index (χ1n) is 15.0. The maximum Gasteiger partial charge on any atom is 0.141 e. The van der Waals surface area contributed by atoms with Crippen LogP contribution in [0.25, 0.3) is 22.0 Å². The highest BCUT2D eigenvalue weighted by atomic mass is 16.3. The van der Waals surface area contributed by atoms with Gasteiger partial charge in [0.05, 0.1) is 11.6 Å². The van der Waals surface area contributed by atoms with Crippen molar-refractivity contribution in [2.45, 2.75) is 56.5 Å². The molecule has 5 aromatic rings. The van der Waals surface area contributed by atoms with Crippen molar-refractivity contribution in [2.75, 3.05) is 12.4 Å². The van der Waals surface area contributed by atoms with Gasteiger partial charge < -0.3 is 15.7 Å². The monoisotopic (exact) mass is 555 g/mol. The van der Waals surface area contributed by atoms with E-state index in [-0.39, 0.29) is 6.10 Å². The Bertz CT molecular complexity index is 1660. The third-order valence-corrected chi connectivity index (χ3v) is 9.12. The quantitative estimate of drug-likeness (QED) is 0.208. The summed E-state index contributed by atoms with van der Waals surface area (Å²) in [6.07, 6.45) is 5.38. The van der Waals surface area contributed by atoms with E-state index < -0.39 is 0 Å². The van der Waals surface area contributed by atoms with Crippen LogP contribution >= 0.6 is 0 Å². The average Bonchev–Trinajstić information content (AvgIpc) is 3.17. The highest BCUT2D eigenvalue weighted by Gasteiger charge is 2.43. The van der Waals surface area contributed by atoms with Crippen molar-refractivity contribution in [3.05, 3.63) is 120 Å². The summed E-state index contributed by atoms with van der Waals surface area (Å²) in [5.74, 6) is 0.802.